The molecule has 100 valence electrons. The Morgan fingerprint density at radius 2 is 1.88 bits per heavy atom. The van der Waals surface area contributed by atoms with E-state index >= 15 is 0 Å². The van der Waals surface area contributed by atoms with E-state index < -0.39 is 17.3 Å². The van der Waals surface area contributed by atoms with Crippen LogP contribution in [0.15, 0.2) is 34.2 Å². The van der Waals surface area contributed by atoms with Crippen LogP contribution in [-0.4, -0.2) is 13.6 Å². The molecule has 0 unspecified atom stereocenters. The van der Waals surface area contributed by atoms with Gasteiger partial charge in [-0.1, -0.05) is 6.08 Å². The summed E-state index contributed by atoms with van der Waals surface area (Å²) in [6.07, 6.45) is 11.0. The third-order valence-electron chi connectivity index (χ3n) is 2.98. The van der Waals surface area contributed by atoms with Crippen molar-refractivity contribution in [2.45, 2.75) is 36.0 Å². The molecule has 0 aromatic carbocycles. The van der Waals surface area contributed by atoms with E-state index in [1.165, 1.54) is 6.42 Å². The Kier molecular flexibility index (Phi) is 5.39. The summed E-state index contributed by atoms with van der Waals surface area (Å²) in [4.78, 5) is 0. The van der Waals surface area contributed by atoms with E-state index in [0.29, 0.717) is 0 Å². The van der Waals surface area contributed by atoms with Gasteiger partial charge < -0.3 is 5.32 Å². The van der Waals surface area contributed by atoms with E-state index in [1.807, 2.05) is 13.1 Å². The second-order valence-corrected chi connectivity index (χ2v) is 41.1. The van der Waals surface area contributed by atoms with Crippen molar-refractivity contribution in [3.05, 3.63) is 34.2 Å². The third kappa shape index (κ3) is 7.89. The van der Waals surface area contributed by atoms with Gasteiger partial charge >= 0.3 is 68.4 Å². The fourth-order valence-corrected chi connectivity index (χ4v) is 6.70. The summed E-state index contributed by atoms with van der Waals surface area (Å²) in [5.74, 6) is 0. The molecule has 2 heteroatoms. The van der Waals surface area contributed by atoms with Crippen molar-refractivity contribution in [3.63, 3.8) is 0 Å². The summed E-state index contributed by atoms with van der Waals surface area (Å²) >= 11 is -2.78. The molecule has 0 fully saturated rings. The van der Waals surface area contributed by atoms with E-state index in [9.17, 15) is 0 Å². The van der Waals surface area contributed by atoms with Crippen LogP contribution in [-0.2, 0) is 17.3 Å². The van der Waals surface area contributed by atoms with Crippen molar-refractivity contribution in [2.75, 3.05) is 13.6 Å². The molecule has 1 nitrogen and oxygen atoms in total. The molecule has 0 saturated heterocycles. The standard InChI is InChI=1S/C5H11N.C5H5.5CH3.Zr/c1-3-4-5-6-2;1-2-4-5-3-1;;;;;;/h3,6H,1,4-5H2,2H3;1-3H,4H2;5*1H3;. The van der Waals surface area contributed by atoms with Crippen LogP contribution >= 0.6 is 0 Å². The Morgan fingerprint density at radius 1 is 1.29 bits per heavy atom. The van der Waals surface area contributed by atoms with Gasteiger partial charge in [0.1, 0.15) is 0 Å². The number of nitrogens with one attached hydrogen (secondary N) is 1. The number of hydrogen-bond donors (Lipinski definition) is 1. The van der Waals surface area contributed by atoms with Crippen molar-refractivity contribution >= 4 is 0 Å². The Bertz CT molecular complexity index is 313. The number of allylic oxidation sites excluding steroid dienone is 4. The molecule has 0 bridgehead atoms. The van der Waals surface area contributed by atoms with Gasteiger partial charge in [0.25, 0.3) is 0 Å². The van der Waals surface area contributed by atoms with Crippen LogP contribution in [0.25, 0.3) is 0 Å². The van der Waals surface area contributed by atoms with Crippen molar-refractivity contribution in [2.24, 2.45) is 0 Å². The van der Waals surface area contributed by atoms with Crippen molar-refractivity contribution in [3.8, 4) is 0 Å². The third-order valence-corrected chi connectivity index (χ3v) is 11.8. The minimum atomic E-state index is -2.78. The van der Waals surface area contributed by atoms with Gasteiger partial charge in [-0.25, -0.2) is 0 Å². The second-order valence-electron chi connectivity index (χ2n) is 8.76. The first-order chi connectivity index (χ1) is 7.51. The Balaban J connectivity index is 0.000000366. The van der Waals surface area contributed by atoms with E-state index in [4.69, 9.17) is 0 Å². The Morgan fingerprint density at radius 3 is 2.06 bits per heavy atom. The predicted octanol–water partition coefficient (Wildman–Crippen LogP) is 5.08. The van der Waals surface area contributed by atoms with Crippen molar-refractivity contribution in [1.29, 1.82) is 0 Å². The summed E-state index contributed by atoms with van der Waals surface area (Å²) in [5.41, 5.74) is 0. The fourth-order valence-electron chi connectivity index (χ4n) is 1.62. The molecule has 1 aliphatic rings. The Hall–Kier alpha value is 0.0631. The first-order valence-corrected chi connectivity index (χ1v) is 20.2. The first-order valence-electron chi connectivity index (χ1n) is 6.64. The SMILES string of the molecule is C=CCCNC.[CH3][Zr]([CH3])([CH3])([CH3])([CH3])[C]1=CC=CC1. The number of rotatable bonds is 4. The van der Waals surface area contributed by atoms with Crippen LogP contribution in [0.1, 0.15) is 12.8 Å². The normalized spacial score (nSPS) is 18.6. The summed E-state index contributed by atoms with van der Waals surface area (Å²) in [6, 6.07) is 0. The van der Waals surface area contributed by atoms with Gasteiger partial charge in [0.2, 0.25) is 0 Å². The van der Waals surface area contributed by atoms with Crippen LogP contribution in [0.2, 0.25) is 23.2 Å². The molecule has 0 saturated carbocycles. The molecule has 1 rings (SSSR count). The number of hydrogen-bond acceptors (Lipinski definition) is 1. The zero-order valence-electron chi connectivity index (χ0n) is 12.6. The molecular weight excluding hydrogens is 285 g/mol. The van der Waals surface area contributed by atoms with Crippen LogP contribution in [0.3, 0.4) is 0 Å². The van der Waals surface area contributed by atoms with Crippen molar-refractivity contribution in [1.82, 2.24) is 5.32 Å². The van der Waals surface area contributed by atoms with Gasteiger partial charge in [-0.05, 0) is 20.0 Å². The molecule has 0 spiro atoms. The predicted molar refractivity (Wildman–Crippen MR) is 79.9 cm³/mol. The van der Waals surface area contributed by atoms with E-state index in [0.717, 1.165) is 13.0 Å². The van der Waals surface area contributed by atoms with Gasteiger partial charge in [0, 0.05) is 0 Å². The summed E-state index contributed by atoms with van der Waals surface area (Å²) in [6.45, 7) is 4.60. The molecule has 0 aliphatic heterocycles. The van der Waals surface area contributed by atoms with Crippen LogP contribution in [0.4, 0.5) is 0 Å². The monoisotopic (exact) mass is 315 g/mol. The zero-order valence-corrected chi connectivity index (χ0v) is 15.1. The van der Waals surface area contributed by atoms with Gasteiger partial charge in [-0.15, -0.1) is 6.58 Å². The molecule has 17 heavy (non-hydrogen) atoms. The fraction of sp³-hybridized carbons (Fsp3) is 0.600. The van der Waals surface area contributed by atoms with Crippen molar-refractivity contribution < 1.29 is 17.3 Å². The average molecular weight is 317 g/mol. The zero-order chi connectivity index (χ0) is 13.6. The summed E-state index contributed by atoms with van der Waals surface area (Å²) in [5, 5.41) is 3.00. The molecule has 0 aromatic rings. The summed E-state index contributed by atoms with van der Waals surface area (Å²) < 4.78 is 14.2. The maximum atomic E-state index is 3.56. The Labute approximate surface area is 106 Å². The second kappa shape index (κ2) is 5.37. The van der Waals surface area contributed by atoms with Gasteiger partial charge in [0.15, 0.2) is 0 Å². The minimum absolute atomic E-state index is 1.05. The first kappa shape index (κ1) is 17.1. The maximum absolute atomic E-state index is 3.56. The molecule has 0 heterocycles. The molecular formula is C15H31NZr. The van der Waals surface area contributed by atoms with Crippen LogP contribution < -0.4 is 5.32 Å². The summed E-state index contributed by atoms with van der Waals surface area (Å²) in [7, 11) is 1.93. The van der Waals surface area contributed by atoms with E-state index in [1.54, 1.807) is 3.28 Å². The van der Waals surface area contributed by atoms with Crippen LogP contribution in [0, 0.1) is 0 Å². The molecule has 1 aliphatic carbocycles. The average Bonchev–Trinajstić information content (AvgIpc) is 2.65. The van der Waals surface area contributed by atoms with Gasteiger partial charge in [-0.2, -0.15) is 0 Å². The van der Waals surface area contributed by atoms with Crippen LogP contribution in [0.5, 0.6) is 0 Å². The van der Waals surface area contributed by atoms with Gasteiger partial charge in [0.05, 0.1) is 0 Å². The molecule has 0 radical (unpaired) electrons. The molecule has 0 amide bonds. The van der Waals surface area contributed by atoms with E-state index in [-0.39, 0.29) is 0 Å². The quantitative estimate of drug-likeness (QED) is 0.563. The molecule has 1 N–H and O–H groups in total. The molecule has 0 aromatic heterocycles. The molecule has 0 atom stereocenters. The van der Waals surface area contributed by atoms with Gasteiger partial charge in [-0.3, -0.25) is 0 Å². The van der Waals surface area contributed by atoms with E-state index in [2.05, 4.69) is 53.3 Å². The topological polar surface area (TPSA) is 12.0 Å².